The van der Waals surface area contributed by atoms with E-state index in [2.05, 4.69) is 24.9 Å². The van der Waals surface area contributed by atoms with Gasteiger partial charge in [-0.2, -0.15) is 5.26 Å². The van der Waals surface area contributed by atoms with Crippen molar-refractivity contribution in [2.24, 2.45) is 0 Å². The first-order chi connectivity index (χ1) is 6.69. The van der Waals surface area contributed by atoms with E-state index < -0.39 is 0 Å². The minimum Gasteiger partial charge on any atom is -0.249 e. The number of pyridine rings is 1. The summed E-state index contributed by atoms with van der Waals surface area (Å²) < 4.78 is 0. The molecule has 2 nitrogen and oxygen atoms in total. The van der Waals surface area contributed by atoms with Gasteiger partial charge in [0.05, 0.1) is 5.56 Å². The number of rotatable bonds is 3. The number of hydrogen-bond acceptors (Lipinski definition) is 3. The van der Waals surface area contributed by atoms with E-state index in [1.165, 1.54) is 0 Å². The second-order valence-corrected chi connectivity index (χ2v) is 4.68. The molecule has 0 N–H and O–H groups in total. The molecular weight excluding hydrogens is 192 g/mol. The third kappa shape index (κ3) is 2.49. The minimum atomic E-state index is 0.511. The van der Waals surface area contributed by atoms with Gasteiger partial charge in [-0.15, -0.1) is 11.8 Å². The van der Waals surface area contributed by atoms with Crippen molar-refractivity contribution in [3.8, 4) is 6.07 Å². The van der Waals surface area contributed by atoms with E-state index in [-0.39, 0.29) is 0 Å². The van der Waals surface area contributed by atoms with Crippen molar-refractivity contribution in [3.05, 3.63) is 23.4 Å². The lowest BCUT2D eigenvalue weighted by atomic mass is 10.2. The first-order valence-corrected chi connectivity index (χ1v) is 5.59. The third-order valence-electron chi connectivity index (χ3n) is 2.12. The van der Waals surface area contributed by atoms with E-state index in [0.717, 1.165) is 22.6 Å². The zero-order chi connectivity index (χ0) is 10.6. The van der Waals surface area contributed by atoms with Crippen molar-refractivity contribution in [1.82, 2.24) is 4.98 Å². The molecule has 3 heteroatoms. The van der Waals surface area contributed by atoms with Crippen LogP contribution in [-0.2, 0) is 0 Å². The molecule has 0 radical (unpaired) electrons. The van der Waals surface area contributed by atoms with Gasteiger partial charge in [-0.25, -0.2) is 4.98 Å². The average Bonchev–Trinajstić information content (AvgIpc) is 2.18. The molecule has 1 heterocycles. The number of thioether (sulfide) groups is 1. The second kappa shape index (κ2) is 5.02. The van der Waals surface area contributed by atoms with Crippen LogP contribution in [0.15, 0.2) is 17.3 Å². The number of hydrogen-bond donors (Lipinski definition) is 0. The van der Waals surface area contributed by atoms with Crippen molar-refractivity contribution in [2.45, 2.75) is 37.5 Å². The Morgan fingerprint density at radius 1 is 1.64 bits per heavy atom. The van der Waals surface area contributed by atoms with Gasteiger partial charge in [0.1, 0.15) is 11.1 Å². The summed E-state index contributed by atoms with van der Waals surface area (Å²) in [5, 5.41) is 10.4. The van der Waals surface area contributed by atoms with Crippen molar-refractivity contribution in [3.63, 3.8) is 0 Å². The van der Waals surface area contributed by atoms with Crippen LogP contribution in [0.1, 0.15) is 31.4 Å². The highest BCUT2D eigenvalue weighted by Crippen LogP contribution is 2.27. The second-order valence-electron chi connectivity index (χ2n) is 3.26. The largest absolute Gasteiger partial charge is 0.249 e. The summed E-state index contributed by atoms with van der Waals surface area (Å²) in [6.45, 7) is 6.23. The number of aromatic nitrogens is 1. The maximum atomic E-state index is 8.98. The summed E-state index contributed by atoms with van der Waals surface area (Å²) in [5.74, 6) is 0. The Morgan fingerprint density at radius 3 is 2.93 bits per heavy atom. The molecule has 74 valence electrons. The Kier molecular flexibility index (Phi) is 3.97. The van der Waals surface area contributed by atoms with Gasteiger partial charge >= 0.3 is 0 Å². The van der Waals surface area contributed by atoms with E-state index in [9.17, 15) is 0 Å². The summed E-state index contributed by atoms with van der Waals surface area (Å²) in [5.41, 5.74) is 1.73. The SMILES string of the molecule is CCC(C)Sc1nccc(C)c1C#N. The van der Waals surface area contributed by atoms with E-state index in [1.807, 2.05) is 13.0 Å². The van der Waals surface area contributed by atoms with Crippen LogP contribution in [0.5, 0.6) is 0 Å². The van der Waals surface area contributed by atoms with Gasteiger partial charge in [0, 0.05) is 11.4 Å². The summed E-state index contributed by atoms with van der Waals surface area (Å²) in [7, 11) is 0. The molecular formula is C11H14N2S. The number of nitriles is 1. The minimum absolute atomic E-state index is 0.511. The Bertz CT molecular complexity index is 355. The van der Waals surface area contributed by atoms with Crippen molar-refractivity contribution >= 4 is 11.8 Å². The average molecular weight is 206 g/mol. The van der Waals surface area contributed by atoms with Crippen LogP contribution in [-0.4, -0.2) is 10.2 Å². The van der Waals surface area contributed by atoms with Crippen molar-refractivity contribution < 1.29 is 0 Å². The molecule has 0 amide bonds. The fourth-order valence-corrected chi connectivity index (χ4v) is 2.03. The maximum Gasteiger partial charge on any atom is 0.114 e. The Balaban J connectivity index is 2.98. The van der Waals surface area contributed by atoms with Gasteiger partial charge in [-0.1, -0.05) is 13.8 Å². The zero-order valence-electron chi connectivity index (χ0n) is 8.74. The smallest absolute Gasteiger partial charge is 0.114 e. The van der Waals surface area contributed by atoms with Gasteiger partial charge in [-0.3, -0.25) is 0 Å². The summed E-state index contributed by atoms with van der Waals surface area (Å²) in [4.78, 5) is 4.24. The molecule has 0 aromatic carbocycles. The third-order valence-corrected chi connectivity index (χ3v) is 3.39. The molecule has 1 aromatic rings. The molecule has 0 bridgehead atoms. The van der Waals surface area contributed by atoms with Crippen LogP contribution in [0, 0.1) is 18.3 Å². The number of aryl methyl sites for hydroxylation is 1. The lowest BCUT2D eigenvalue weighted by Gasteiger charge is -2.09. The van der Waals surface area contributed by atoms with Gasteiger partial charge in [0.15, 0.2) is 0 Å². The Labute approximate surface area is 89.4 Å². The Hall–Kier alpha value is -1.01. The van der Waals surface area contributed by atoms with Gasteiger partial charge in [0.25, 0.3) is 0 Å². The van der Waals surface area contributed by atoms with Crippen LogP contribution < -0.4 is 0 Å². The van der Waals surface area contributed by atoms with Crippen LogP contribution in [0.2, 0.25) is 0 Å². The van der Waals surface area contributed by atoms with Gasteiger partial charge in [0.2, 0.25) is 0 Å². The fraction of sp³-hybridized carbons (Fsp3) is 0.455. The summed E-state index contributed by atoms with van der Waals surface area (Å²) >= 11 is 1.68. The highest BCUT2D eigenvalue weighted by atomic mass is 32.2. The maximum absolute atomic E-state index is 8.98. The molecule has 0 aliphatic heterocycles. The first-order valence-electron chi connectivity index (χ1n) is 4.71. The van der Waals surface area contributed by atoms with Crippen LogP contribution >= 0.6 is 11.8 Å². The standard InChI is InChI=1S/C11H14N2S/c1-4-9(3)14-11-10(7-12)8(2)5-6-13-11/h5-6,9H,4H2,1-3H3. The van der Waals surface area contributed by atoms with Gasteiger partial charge in [-0.05, 0) is 25.0 Å². The molecule has 0 aliphatic rings. The van der Waals surface area contributed by atoms with E-state index in [0.29, 0.717) is 5.25 Å². The van der Waals surface area contributed by atoms with E-state index >= 15 is 0 Å². The monoisotopic (exact) mass is 206 g/mol. The lowest BCUT2D eigenvalue weighted by molar-refractivity contribution is 0.899. The van der Waals surface area contributed by atoms with Crippen molar-refractivity contribution in [2.75, 3.05) is 0 Å². The van der Waals surface area contributed by atoms with Crippen LogP contribution in [0.3, 0.4) is 0 Å². The van der Waals surface area contributed by atoms with E-state index in [1.54, 1.807) is 18.0 Å². The fourth-order valence-electron chi connectivity index (χ4n) is 1.03. The topological polar surface area (TPSA) is 36.7 Å². The summed E-state index contributed by atoms with van der Waals surface area (Å²) in [6, 6.07) is 4.08. The molecule has 1 unspecified atom stereocenters. The molecule has 0 fully saturated rings. The van der Waals surface area contributed by atoms with Gasteiger partial charge < -0.3 is 0 Å². The predicted octanol–water partition coefficient (Wildman–Crippen LogP) is 3.15. The number of nitrogens with zero attached hydrogens (tertiary/aromatic N) is 2. The lowest BCUT2D eigenvalue weighted by Crippen LogP contribution is -1.97. The molecule has 0 saturated carbocycles. The quantitative estimate of drug-likeness (QED) is 0.713. The Morgan fingerprint density at radius 2 is 2.36 bits per heavy atom. The molecule has 0 saturated heterocycles. The van der Waals surface area contributed by atoms with Crippen LogP contribution in [0.25, 0.3) is 0 Å². The normalized spacial score (nSPS) is 12.1. The first kappa shape index (κ1) is 11.1. The molecule has 1 atom stereocenters. The zero-order valence-corrected chi connectivity index (χ0v) is 9.56. The molecule has 1 rings (SSSR count). The van der Waals surface area contributed by atoms with Crippen molar-refractivity contribution in [1.29, 1.82) is 5.26 Å². The van der Waals surface area contributed by atoms with E-state index in [4.69, 9.17) is 5.26 Å². The highest BCUT2D eigenvalue weighted by molar-refractivity contribution is 7.99. The van der Waals surface area contributed by atoms with Crippen LogP contribution in [0.4, 0.5) is 0 Å². The molecule has 0 spiro atoms. The molecule has 14 heavy (non-hydrogen) atoms. The summed E-state index contributed by atoms with van der Waals surface area (Å²) in [6.07, 6.45) is 2.85. The predicted molar refractivity (Wildman–Crippen MR) is 59.3 cm³/mol. The molecule has 0 aliphatic carbocycles. The molecule has 1 aromatic heterocycles. The highest BCUT2D eigenvalue weighted by Gasteiger charge is 2.09.